The fraction of sp³-hybridized carbons (Fsp3) is 0.933. The van der Waals surface area contributed by atoms with Crippen LogP contribution in [0.25, 0.3) is 0 Å². The summed E-state index contributed by atoms with van der Waals surface area (Å²) >= 11 is 0. The van der Waals surface area contributed by atoms with Gasteiger partial charge in [-0.25, -0.2) is 0 Å². The van der Waals surface area contributed by atoms with Crippen molar-refractivity contribution >= 4 is 5.97 Å². The number of hydrogen-bond donors (Lipinski definition) is 1. The summed E-state index contributed by atoms with van der Waals surface area (Å²) in [6.07, 6.45) is 8.79. The van der Waals surface area contributed by atoms with Gasteiger partial charge in [0.2, 0.25) is 11.6 Å². The second kappa shape index (κ2) is 3.53. The molecule has 2 unspecified atom stereocenters. The summed E-state index contributed by atoms with van der Waals surface area (Å²) < 4.78 is 11.2. The third kappa shape index (κ3) is 1.69. The molecule has 19 heavy (non-hydrogen) atoms. The minimum atomic E-state index is -0.668. The number of carboxylic acid groups (broad SMARTS) is 1. The van der Waals surface area contributed by atoms with Gasteiger partial charge in [0.25, 0.3) is 0 Å². The third-order valence-electron chi connectivity index (χ3n) is 5.88. The van der Waals surface area contributed by atoms with Crippen molar-refractivity contribution in [3.05, 3.63) is 0 Å². The first-order chi connectivity index (χ1) is 8.98. The molecule has 0 aromatic carbocycles. The number of epoxide rings is 2. The number of aliphatic carboxylic acids is 1. The Morgan fingerprint density at radius 3 is 2.42 bits per heavy atom. The lowest BCUT2D eigenvalue weighted by atomic mass is 9.65. The van der Waals surface area contributed by atoms with Crippen LogP contribution >= 0.6 is 0 Å². The van der Waals surface area contributed by atoms with Crippen LogP contribution in [0, 0.1) is 17.3 Å². The molecule has 0 radical (unpaired) electrons. The van der Waals surface area contributed by atoms with E-state index in [4.69, 9.17) is 9.47 Å². The normalized spacial score (nSPS) is 49.9. The summed E-state index contributed by atoms with van der Waals surface area (Å²) in [5.74, 6) is -1.55. The summed E-state index contributed by atoms with van der Waals surface area (Å²) in [5.41, 5.74) is 0.330. The van der Waals surface area contributed by atoms with E-state index in [1.165, 1.54) is 32.1 Å². The molecule has 2 saturated carbocycles. The standard InChI is InChI=1S/C15H22O4/c1-13(5-3-2-4-6-13)7-10-8-14-15(18-14,19-14)9-11(10)12(16)17/h10-11H,2-9H2,1H3,(H,16,17). The molecule has 2 saturated heterocycles. The molecule has 106 valence electrons. The number of carboxylic acids is 1. The molecule has 0 aromatic rings. The van der Waals surface area contributed by atoms with Crippen molar-refractivity contribution in [1.82, 2.24) is 0 Å². The van der Waals surface area contributed by atoms with Gasteiger partial charge in [0.05, 0.1) is 5.92 Å². The van der Waals surface area contributed by atoms with Crippen LogP contribution in [0.5, 0.6) is 0 Å². The summed E-state index contributed by atoms with van der Waals surface area (Å²) in [6.45, 7) is 2.34. The van der Waals surface area contributed by atoms with Gasteiger partial charge in [-0.1, -0.05) is 26.2 Å². The van der Waals surface area contributed by atoms with Crippen LogP contribution in [-0.2, 0) is 14.3 Å². The zero-order valence-electron chi connectivity index (χ0n) is 11.5. The van der Waals surface area contributed by atoms with Gasteiger partial charge >= 0.3 is 5.97 Å². The van der Waals surface area contributed by atoms with Crippen LogP contribution in [0.15, 0.2) is 0 Å². The van der Waals surface area contributed by atoms with E-state index >= 15 is 0 Å². The monoisotopic (exact) mass is 266 g/mol. The highest BCUT2D eigenvalue weighted by atomic mass is 17.0. The first-order valence-corrected chi connectivity index (χ1v) is 7.61. The van der Waals surface area contributed by atoms with E-state index in [-0.39, 0.29) is 17.6 Å². The van der Waals surface area contributed by atoms with Crippen molar-refractivity contribution in [3.63, 3.8) is 0 Å². The Morgan fingerprint density at radius 1 is 1.16 bits per heavy atom. The Hall–Kier alpha value is -0.610. The lowest BCUT2D eigenvalue weighted by molar-refractivity contribution is -0.146. The van der Waals surface area contributed by atoms with Crippen molar-refractivity contribution in [2.24, 2.45) is 17.3 Å². The average Bonchev–Trinajstić information content (AvgIpc) is 3.13. The van der Waals surface area contributed by atoms with Gasteiger partial charge in [-0.2, -0.15) is 0 Å². The highest BCUT2D eigenvalue weighted by Crippen LogP contribution is 2.76. The Kier molecular flexibility index (Phi) is 2.26. The summed E-state index contributed by atoms with van der Waals surface area (Å²) in [7, 11) is 0. The molecule has 1 N–H and O–H groups in total. The van der Waals surface area contributed by atoms with Gasteiger partial charge < -0.3 is 14.6 Å². The van der Waals surface area contributed by atoms with Gasteiger partial charge in [-0.05, 0) is 30.6 Å². The Bertz CT molecular complexity index is 418. The summed E-state index contributed by atoms with van der Waals surface area (Å²) in [4.78, 5) is 11.5. The van der Waals surface area contributed by atoms with E-state index in [1.54, 1.807) is 0 Å². The largest absolute Gasteiger partial charge is 0.481 e. The highest BCUT2D eigenvalue weighted by molar-refractivity contribution is 5.71. The molecule has 4 heteroatoms. The fourth-order valence-corrected chi connectivity index (χ4v) is 4.66. The topological polar surface area (TPSA) is 62.4 Å². The molecular weight excluding hydrogens is 244 g/mol. The van der Waals surface area contributed by atoms with Gasteiger partial charge in [-0.3, -0.25) is 4.79 Å². The molecule has 2 aliphatic carbocycles. The van der Waals surface area contributed by atoms with E-state index < -0.39 is 11.8 Å². The smallest absolute Gasteiger partial charge is 0.306 e. The lowest BCUT2D eigenvalue weighted by Gasteiger charge is -2.38. The Labute approximate surface area is 113 Å². The quantitative estimate of drug-likeness (QED) is 0.798. The van der Waals surface area contributed by atoms with Gasteiger partial charge in [0, 0.05) is 12.8 Å². The van der Waals surface area contributed by atoms with Crippen LogP contribution in [0.4, 0.5) is 0 Å². The fourth-order valence-electron chi connectivity index (χ4n) is 4.66. The molecule has 4 aliphatic rings. The first kappa shape index (κ1) is 12.2. The van der Waals surface area contributed by atoms with Crippen LogP contribution in [0.2, 0.25) is 0 Å². The van der Waals surface area contributed by atoms with Crippen molar-refractivity contribution in [2.45, 2.75) is 69.9 Å². The van der Waals surface area contributed by atoms with Crippen molar-refractivity contribution in [2.75, 3.05) is 0 Å². The highest BCUT2D eigenvalue weighted by Gasteiger charge is 2.92. The molecule has 4 fully saturated rings. The van der Waals surface area contributed by atoms with Crippen molar-refractivity contribution < 1.29 is 19.4 Å². The molecule has 0 spiro atoms. The molecule has 4 nitrogen and oxygen atoms in total. The predicted octanol–water partition coefficient (Wildman–Crippen LogP) is 2.91. The second-order valence-electron chi connectivity index (χ2n) is 7.40. The van der Waals surface area contributed by atoms with E-state index in [9.17, 15) is 9.90 Å². The van der Waals surface area contributed by atoms with Crippen LogP contribution in [0.1, 0.15) is 58.3 Å². The van der Waals surface area contributed by atoms with E-state index in [0.717, 1.165) is 12.8 Å². The molecule has 2 aliphatic heterocycles. The molecule has 2 atom stereocenters. The maximum atomic E-state index is 11.5. The van der Waals surface area contributed by atoms with E-state index in [1.807, 2.05) is 0 Å². The molecular formula is C15H22O4. The molecule has 4 rings (SSSR count). The zero-order chi connectivity index (χ0) is 13.3. The minimum Gasteiger partial charge on any atom is -0.481 e. The summed E-state index contributed by atoms with van der Waals surface area (Å²) in [5, 5.41) is 9.48. The van der Waals surface area contributed by atoms with Gasteiger partial charge in [-0.15, -0.1) is 0 Å². The Morgan fingerprint density at radius 2 is 1.79 bits per heavy atom. The maximum absolute atomic E-state index is 11.5. The molecule has 0 aromatic heterocycles. The van der Waals surface area contributed by atoms with Gasteiger partial charge in [0.1, 0.15) is 0 Å². The van der Waals surface area contributed by atoms with Gasteiger partial charge in [0.15, 0.2) is 0 Å². The third-order valence-corrected chi connectivity index (χ3v) is 5.88. The number of ether oxygens (including phenoxy) is 2. The van der Waals surface area contributed by atoms with Crippen LogP contribution < -0.4 is 0 Å². The van der Waals surface area contributed by atoms with Crippen molar-refractivity contribution in [3.8, 4) is 0 Å². The molecule has 0 amide bonds. The SMILES string of the molecule is CC1(CC2CC34OC3(CC2C(=O)O)O4)CCCCC1. The first-order valence-electron chi connectivity index (χ1n) is 7.61. The molecule has 2 heterocycles. The number of carbonyl (C=O) groups is 1. The maximum Gasteiger partial charge on any atom is 0.306 e. The molecule has 0 bridgehead atoms. The van der Waals surface area contributed by atoms with E-state index in [2.05, 4.69) is 6.92 Å². The number of rotatable bonds is 3. The van der Waals surface area contributed by atoms with E-state index in [0.29, 0.717) is 11.8 Å². The van der Waals surface area contributed by atoms with Crippen molar-refractivity contribution in [1.29, 1.82) is 0 Å². The Balaban J connectivity index is 1.50. The predicted molar refractivity (Wildman–Crippen MR) is 67.3 cm³/mol. The lowest BCUT2D eigenvalue weighted by Crippen LogP contribution is -2.35. The second-order valence-corrected chi connectivity index (χ2v) is 7.40. The number of hydrogen-bond acceptors (Lipinski definition) is 3. The zero-order valence-corrected chi connectivity index (χ0v) is 11.5. The minimum absolute atomic E-state index is 0.221. The van der Waals surface area contributed by atoms with Crippen LogP contribution in [-0.4, -0.2) is 22.7 Å². The average molecular weight is 266 g/mol. The van der Waals surface area contributed by atoms with Crippen LogP contribution in [0.3, 0.4) is 0 Å². The summed E-state index contributed by atoms with van der Waals surface area (Å²) in [6, 6.07) is 0.